The molecule has 1 heterocycles. The molecule has 0 aromatic carbocycles. The van der Waals surface area contributed by atoms with Crippen LogP contribution in [0.5, 0.6) is 0 Å². The van der Waals surface area contributed by atoms with Crippen molar-refractivity contribution in [2.45, 2.75) is 6.17 Å². The van der Waals surface area contributed by atoms with Gasteiger partial charge in [-0.25, -0.2) is 4.39 Å². The fourth-order valence-corrected chi connectivity index (χ4v) is 0.253. The maximum Gasteiger partial charge on any atom is 0.125 e. The van der Waals surface area contributed by atoms with E-state index in [2.05, 4.69) is 5.32 Å². The summed E-state index contributed by atoms with van der Waals surface area (Å²) in [7, 11) is 0. The monoisotopic (exact) mass is 147 g/mol. The molecule has 1 nitrogen and oxygen atoms in total. The van der Waals surface area contributed by atoms with Crippen LogP contribution in [0.2, 0.25) is 0 Å². The highest BCUT2D eigenvalue weighted by Gasteiger charge is 2.12. The molecule has 0 aromatic heterocycles. The molecule has 0 aromatic rings. The van der Waals surface area contributed by atoms with Crippen LogP contribution in [0.3, 0.4) is 0 Å². The van der Waals surface area contributed by atoms with E-state index in [9.17, 15) is 4.39 Å². The molecule has 46 valence electrons. The van der Waals surface area contributed by atoms with E-state index in [1.165, 1.54) is 0 Å². The molecule has 1 aliphatic heterocycles. The molecular formula is C3H8Cl2FN. The van der Waals surface area contributed by atoms with Crippen molar-refractivity contribution in [3.05, 3.63) is 0 Å². The van der Waals surface area contributed by atoms with Gasteiger partial charge in [0, 0.05) is 13.1 Å². The molecule has 0 atom stereocenters. The van der Waals surface area contributed by atoms with Crippen molar-refractivity contribution in [2.24, 2.45) is 0 Å². The predicted octanol–water partition coefficient (Wildman–Crippen LogP) is 0.771. The fraction of sp³-hybridized carbons (Fsp3) is 1.00. The van der Waals surface area contributed by atoms with Crippen LogP contribution < -0.4 is 5.32 Å². The highest BCUT2D eigenvalue weighted by Crippen LogP contribution is 1.92. The van der Waals surface area contributed by atoms with Crippen LogP contribution in [0, 0.1) is 0 Å². The molecule has 4 heteroatoms. The van der Waals surface area contributed by atoms with E-state index in [-0.39, 0.29) is 24.8 Å². The first kappa shape index (κ1) is 10.5. The average molecular weight is 148 g/mol. The third-order valence-electron chi connectivity index (χ3n) is 0.732. The Morgan fingerprint density at radius 2 is 1.57 bits per heavy atom. The summed E-state index contributed by atoms with van der Waals surface area (Å²) in [6.45, 7) is 1.14. The first-order valence-electron chi connectivity index (χ1n) is 1.74. The zero-order valence-corrected chi connectivity index (χ0v) is 5.32. The second kappa shape index (κ2) is 4.62. The second-order valence-corrected chi connectivity index (χ2v) is 1.26. The van der Waals surface area contributed by atoms with Gasteiger partial charge in [0.1, 0.15) is 6.17 Å². The summed E-state index contributed by atoms with van der Waals surface area (Å²) in [5, 5.41) is 2.79. The van der Waals surface area contributed by atoms with Crippen LogP contribution in [0.4, 0.5) is 4.39 Å². The summed E-state index contributed by atoms with van der Waals surface area (Å²) in [6, 6.07) is 0. The maximum atomic E-state index is 11.5. The van der Waals surface area contributed by atoms with E-state index in [0.29, 0.717) is 13.1 Å². The van der Waals surface area contributed by atoms with Crippen molar-refractivity contribution in [1.29, 1.82) is 0 Å². The normalized spacial score (nSPS) is 18.4. The van der Waals surface area contributed by atoms with Crippen LogP contribution in [-0.4, -0.2) is 19.3 Å². The lowest BCUT2D eigenvalue weighted by Crippen LogP contribution is -2.43. The molecule has 0 saturated carbocycles. The van der Waals surface area contributed by atoms with Gasteiger partial charge in [0.05, 0.1) is 0 Å². The molecule has 0 spiro atoms. The lowest BCUT2D eigenvalue weighted by atomic mass is 10.3. The van der Waals surface area contributed by atoms with E-state index in [1.54, 1.807) is 0 Å². The molecule has 1 fully saturated rings. The molecule has 0 bridgehead atoms. The van der Waals surface area contributed by atoms with Gasteiger partial charge < -0.3 is 5.32 Å². The summed E-state index contributed by atoms with van der Waals surface area (Å²) in [4.78, 5) is 0. The number of rotatable bonds is 0. The van der Waals surface area contributed by atoms with Gasteiger partial charge in [-0.1, -0.05) is 0 Å². The summed E-state index contributed by atoms with van der Waals surface area (Å²) in [5.74, 6) is 0. The fourth-order valence-electron chi connectivity index (χ4n) is 0.253. The molecule has 7 heavy (non-hydrogen) atoms. The smallest absolute Gasteiger partial charge is 0.125 e. The number of hydrogen-bond acceptors (Lipinski definition) is 1. The SMILES string of the molecule is Cl.Cl.FC1CNC1. The molecule has 1 N–H and O–H groups in total. The van der Waals surface area contributed by atoms with Crippen molar-refractivity contribution in [3.8, 4) is 0 Å². The Morgan fingerprint density at radius 3 is 1.57 bits per heavy atom. The van der Waals surface area contributed by atoms with Gasteiger partial charge in [0.2, 0.25) is 0 Å². The van der Waals surface area contributed by atoms with Crippen molar-refractivity contribution in [3.63, 3.8) is 0 Å². The largest absolute Gasteiger partial charge is 0.311 e. The van der Waals surface area contributed by atoms with Gasteiger partial charge >= 0.3 is 0 Å². The predicted molar refractivity (Wildman–Crippen MR) is 32.3 cm³/mol. The molecule has 1 rings (SSSR count). The Balaban J connectivity index is 0. The van der Waals surface area contributed by atoms with Crippen molar-refractivity contribution in [1.82, 2.24) is 5.32 Å². The minimum atomic E-state index is -0.546. The lowest BCUT2D eigenvalue weighted by Gasteiger charge is -2.17. The highest BCUT2D eigenvalue weighted by molar-refractivity contribution is 5.85. The first-order valence-corrected chi connectivity index (χ1v) is 1.74. The molecule has 1 aliphatic rings. The van der Waals surface area contributed by atoms with Gasteiger partial charge in [0.15, 0.2) is 0 Å². The van der Waals surface area contributed by atoms with Gasteiger partial charge in [0.25, 0.3) is 0 Å². The van der Waals surface area contributed by atoms with E-state index in [0.717, 1.165) is 0 Å². The van der Waals surface area contributed by atoms with E-state index in [1.807, 2.05) is 0 Å². The van der Waals surface area contributed by atoms with Crippen LogP contribution >= 0.6 is 24.8 Å². The summed E-state index contributed by atoms with van der Waals surface area (Å²) >= 11 is 0. The van der Waals surface area contributed by atoms with E-state index >= 15 is 0 Å². The third kappa shape index (κ3) is 3.09. The summed E-state index contributed by atoms with van der Waals surface area (Å²) in [5.41, 5.74) is 0. The summed E-state index contributed by atoms with van der Waals surface area (Å²) in [6.07, 6.45) is -0.546. The van der Waals surface area contributed by atoms with E-state index in [4.69, 9.17) is 0 Å². The second-order valence-electron chi connectivity index (χ2n) is 1.26. The minimum Gasteiger partial charge on any atom is -0.311 e. The molecule has 1 saturated heterocycles. The van der Waals surface area contributed by atoms with Crippen LogP contribution in [0.25, 0.3) is 0 Å². The number of halogens is 3. The van der Waals surface area contributed by atoms with Crippen molar-refractivity contribution in [2.75, 3.05) is 13.1 Å². The quantitative estimate of drug-likeness (QED) is 0.535. The zero-order chi connectivity index (χ0) is 3.70. The molecule has 0 amide bonds. The van der Waals surface area contributed by atoms with Gasteiger partial charge in [-0.3, -0.25) is 0 Å². The van der Waals surface area contributed by atoms with Crippen molar-refractivity contribution < 1.29 is 4.39 Å². The number of nitrogens with one attached hydrogen (secondary N) is 1. The van der Waals surface area contributed by atoms with Gasteiger partial charge in [-0.15, -0.1) is 24.8 Å². The van der Waals surface area contributed by atoms with Crippen LogP contribution in [-0.2, 0) is 0 Å². The highest BCUT2D eigenvalue weighted by atomic mass is 35.5. The van der Waals surface area contributed by atoms with Crippen LogP contribution in [0.1, 0.15) is 0 Å². The Bertz CT molecular complexity index is 39.9. The molecular weight excluding hydrogens is 140 g/mol. The standard InChI is InChI=1S/C3H6FN.2ClH/c4-3-1-5-2-3;;/h3,5H,1-2H2;2*1H. The Labute approximate surface area is 54.5 Å². The minimum absolute atomic E-state index is 0. The topological polar surface area (TPSA) is 12.0 Å². The van der Waals surface area contributed by atoms with E-state index < -0.39 is 6.17 Å². The molecule has 0 radical (unpaired) electrons. The van der Waals surface area contributed by atoms with Crippen LogP contribution in [0.15, 0.2) is 0 Å². The number of hydrogen-bond donors (Lipinski definition) is 1. The molecule has 0 unspecified atom stereocenters. The molecule has 0 aliphatic carbocycles. The maximum absolute atomic E-state index is 11.5. The Morgan fingerprint density at radius 1 is 1.29 bits per heavy atom. The Hall–Kier alpha value is 0.470. The first-order chi connectivity index (χ1) is 2.39. The third-order valence-corrected chi connectivity index (χ3v) is 0.732. The lowest BCUT2D eigenvalue weighted by molar-refractivity contribution is 0.237. The average Bonchev–Trinajstić information content (AvgIpc) is 1.30. The Kier molecular flexibility index (Phi) is 6.90. The van der Waals surface area contributed by atoms with Crippen molar-refractivity contribution >= 4 is 24.8 Å². The van der Waals surface area contributed by atoms with Gasteiger partial charge in [-0.05, 0) is 0 Å². The number of alkyl halides is 1. The summed E-state index contributed by atoms with van der Waals surface area (Å²) < 4.78 is 11.5. The zero-order valence-electron chi connectivity index (χ0n) is 3.69. The van der Waals surface area contributed by atoms with Gasteiger partial charge in [-0.2, -0.15) is 0 Å².